The van der Waals surface area contributed by atoms with Crippen LogP contribution in [0.2, 0.25) is 0 Å². The largest absolute Gasteiger partial charge is 0.401 e. The third kappa shape index (κ3) is 7.02. The van der Waals surface area contributed by atoms with Crippen molar-refractivity contribution >= 4 is 22.7 Å². The van der Waals surface area contributed by atoms with Gasteiger partial charge >= 0.3 is 12.2 Å². The number of amides is 2. The Balaban J connectivity index is 0.000000186. The SMILES string of the molecule is CN(Cc1ccc(S(N)=O)cc1)CC(F)(F)F.NC(=O)Nc1c2c(cc3c1CCC3)CCC2. The predicted molar refractivity (Wildman–Crippen MR) is 123 cm³/mol. The smallest absolute Gasteiger partial charge is 0.351 e. The topological polar surface area (TPSA) is 101 Å². The number of carbonyl (C=O) groups is 1. The Hall–Kier alpha value is -2.43. The summed E-state index contributed by atoms with van der Waals surface area (Å²) in [5.41, 5.74) is 12.5. The number of benzene rings is 2. The molecule has 10 heteroatoms. The van der Waals surface area contributed by atoms with Crippen molar-refractivity contribution in [2.24, 2.45) is 10.9 Å². The molecule has 1 unspecified atom stereocenters. The fraction of sp³-hybridized carbons (Fsp3) is 0.435. The second-order valence-electron chi connectivity index (χ2n) is 8.45. The Labute approximate surface area is 194 Å². The number of halogens is 3. The molecule has 180 valence electrons. The normalized spacial score (nSPS) is 15.5. The molecule has 6 nitrogen and oxygen atoms in total. The number of carbonyl (C=O) groups excluding carboxylic acids is 1. The van der Waals surface area contributed by atoms with Crippen molar-refractivity contribution < 1.29 is 22.2 Å². The molecule has 0 bridgehead atoms. The average Bonchev–Trinajstić information content (AvgIpc) is 3.36. The molecule has 4 rings (SSSR count). The lowest BCUT2D eigenvalue weighted by Gasteiger charge is -2.18. The molecule has 0 saturated heterocycles. The van der Waals surface area contributed by atoms with Gasteiger partial charge in [0.1, 0.15) is 11.0 Å². The van der Waals surface area contributed by atoms with E-state index >= 15 is 0 Å². The first kappa shape index (κ1) is 25.2. The van der Waals surface area contributed by atoms with Crippen molar-refractivity contribution in [3.63, 3.8) is 0 Å². The maximum atomic E-state index is 12.1. The number of aryl methyl sites for hydroxylation is 2. The number of hydrogen-bond acceptors (Lipinski definition) is 3. The lowest BCUT2D eigenvalue weighted by molar-refractivity contribution is -0.144. The molecule has 2 aliphatic rings. The third-order valence-electron chi connectivity index (χ3n) is 5.78. The van der Waals surface area contributed by atoms with Gasteiger partial charge in [0.15, 0.2) is 0 Å². The molecule has 2 aliphatic carbocycles. The van der Waals surface area contributed by atoms with Gasteiger partial charge in [0, 0.05) is 12.2 Å². The molecule has 2 amide bonds. The van der Waals surface area contributed by atoms with Crippen molar-refractivity contribution in [1.29, 1.82) is 0 Å². The molecule has 0 aliphatic heterocycles. The molecule has 2 aromatic carbocycles. The number of rotatable bonds is 5. The zero-order valence-corrected chi connectivity index (χ0v) is 19.3. The zero-order chi connectivity index (χ0) is 24.2. The number of hydrogen-bond donors (Lipinski definition) is 3. The molecule has 1 atom stereocenters. The predicted octanol–water partition coefficient (Wildman–Crippen LogP) is 3.82. The van der Waals surface area contributed by atoms with Crippen LogP contribution in [0.4, 0.5) is 23.7 Å². The number of alkyl halides is 3. The highest BCUT2D eigenvalue weighted by Gasteiger charge is 2.29. The minimum absolute atomic E-state index is 0.178. The number of nitrogens with zero attached hydrogens (tertiary/aromatic N) is 1. The molecule has 0 saturated carbocycles. The molecule has 0 spiro atoms. The van der Waals surface area contributed by atoms with Crippen LogP contribution in [0.3, 0.4) is 0 Å². The summed E-state index contributed by atoms with van der Waals surface area (Å²) in [6, 6.07) is 8.24. The molecular weight excluding hydrogens is 453 g/mol. The maximum Gasteiger partial charge on any atom is 0.401 e. The lowest BCUT2D eigenvalue weighted by Crippen LogP contribution is -2.30. The van der Waals surface area contributed by atoms with E-state index in [4.69, 9.17) is 10.9 Å². The number of primary amides is 1. The fourth-order valence-corrected chi connectivity index (χ4v) is 4.90. The van der Waals surface area contributed by atoms with E-state index in [1.54, 1.807) is 24.3 Å². The second-order valence-corrected chi connectivity index (χ2v) is 9.52. The Morgan fingerprint density at radius 3 is 2.06 bits per heavy atom. The van der Waals surface area contributed by atoms with Crippen molar-refractivity contribution in [1.82, 2.24) is 4.90 Å². The van der Waals surface area contributed by atoms with Crippen LogP contribution in [-0.4, -0.2) is 34.9 Å². The highest BCUT2D eigenvalue weighted by Crippen LogP contribution is 2.38. The van der Waals surface area contributed by atoms with E-state index in [2.05, 4.69) is 11.4 Å². The molecular formula is C23H29F3N4O2S. The van der Waals surface area contributed by atoms with Gasteiger partial charge in [-0.3, -0.25) is 4.90 Å². The second kappa shape index (κ2) is 10.7. The molecule has 33 heavy (non-hydrogen) atoms. The van der Waals surface area contributed by atoms with Gasteiger partial charge in [0.25, 0.3) is 0 Å². The molecule has 0 aromatic heterocycles. The van der Waals surface area contributed by atoms with Gasteiger partial charge in [-0.25, -0.2) is 14.1 Å². The van der Waals surface area contributed by atoms with Crippen LogP contribution in [0, 0.1) is 0 Å². The number of anilines is 1. The summed E-state index contributed by atoms with van der Waals surface area (Å²) < 4.78 is 47.1. The number of urea groups is 1. The van der Waals surface area contributed by atoms with E-state index in [-0.39, 0.29) is 6.54 Å². The Bertz CT molecular complexity index is 994. The van der Waals surface area contributed by atoms with Crippen molar-refractivity contribution in [3.8, 4) is 0 Å². The van der Waals surface area contributed by atoms with Crippen LogP contribution in [0.1, 0.15) is 40.7 Å². The summed E-state index contributed by atoms with van der Waals surface area (Å²) in [7, 11) is -0.168. The first-order valence-electron chi connectivity index (χ1n) is 10.8. The van der Waals surface area contributed by atoms with Crippen LogP contribution in [0.15, 0.2) is 35.2 Å². The van der Waals surface area contributed by atoms with Crippen LogP contribution < -0.4 is 16.2 Å². The zero-order valence-electron chi connectivity index (χ0n) is 18.5. The molecule has 2 aromatic rings. The summed E-state index contributed by atoms with van der Waals surface area (Å²) in [5.74, 6) is 0. The van der Waals surface area contributed by atoms with Gasteiger partial charge in [-0.2, -0.15) is 13.2 Å². The minimum Gasteiger partial charge on any atom is -0.351 e. The van der Waals surface area contributed by atoms with Gasteiger partial charge < -0.3 is 11.1 Å². The molecule has 0 heterocycles. The van der Waals surface area contributed by atoms with E-state index in [1.807, 2.05) is 0 Å². The van der Waals surface area contributed by atoms with Crippen LogP contribution in [0.5, 0.6) is 0 Å². The molecule has 5 N–H and O–H groups in total. The Morgan fingerprint density at radius 2 is 1.61 bits per heavy atom. The van der Waals surface area contributed by atoms with Crippen LogP contribution in [0.25, 0.3) is 0 Å². The van der Waals surface area contributed by atoms with Crippen molar-refractivity contribution in [2.45, 2.75) is 56.1 Å². The van der Waals surface area contributed by atoms with E-state index in [0.717, 1.165) is 36.3 Å². The first-order chi connectivity index (χ1) is 15.5. The minimum atomic E-state index is -4.20. The number of nitrogens with two attached hydrogens (primary N) is 2. The quantitative estimate of drug-likeness (QED) is 0.604. The lowest BCUT2D eigenvalue weighted by atomic mass is 9.99. The van der Waals surface area contributed by atoms with E-state index in [9.17, 15) is 22.2 Å². The van der Waals surface area contributed by atoms with Crippen molar-refractivity contribution in [2.75, 3.05) is 18.9 Å². The van der Waals surface area contributed by atoms with Gasteiger partial charge in [0.2, 0.25) is 0 Å². The maximum absolute atomic E-state index is 12.1. The van der Waals surface area contributed by atoms with E-state index in [0.29, 0.717) is 10.5 Å². The van der Waals surface area contributed by atoms with Gasteiger partial charge in [-0.1, -0.05) is 18.2 Å². The highest BCUT2D eigenvalue weighted by atomic mass is 32.2. The summed E-state index contributed by atoms with van der Waals surface area (Å²) in [5, 5.41) is 8.01. The summed E-state index contributed by atoms with van der Waals surface area (Å²) in [4.78, 5) is 12.7. The third-order valence-corrected chi connectivity index (χ3v) is 6.52. The molecule has 0 radical (unpaired) electrons. The average molecular weight is 483 g/mol. The number of fused-ring (bicyclic) bond motifs is 2. The summed E-state index contributed by atoms with van der Waals surface area (Å²) >= 11 is 0. The van der Waals surface area contributed by atoms with Gasteiger partial charge in [0.05, 0.1) is 11.4 Å². The monoisotopic (exact) mass is 482 g/mol. The standard InChI is InChI=1S/C13H16N2O.C10H13F3N2OS/c14-13(16)15-12-10-5-1-3-8(10)7-9-4-2-6-11(9)12;1-15(7-10(11,12)13)6-8-2-4-9(5-3-8)17(14)16/h7H,1-6H2,(H3,14,15,16);2-5H,6-7,14H2,1H3. The van der Waals surface area contributed by atoms with E-state index in [1.165, 1.54) is 42.1 Å². The van der Waals surface area contributed by atoms with E-state index < -0.39 is 29.7 Å². The Kier molecular flexibility index (Phi) is 8.14. The highest BCUT2D eigenvalue weighted by molar-refractivity contribution is 7.82. The van der Waals surface area contributed by atoms with Crippen LogP contribution >= 0.6 is 0 Å². The first-order valence-corrected chi connectivity index (χ1v) is 12.0. The summed E-state index contributed by atoms with van der Waals surface area (Å²) in [6.45, 7) is -0.783. The van der Waals surface area contributed by atoms with Gasteiger partial charge in [-0.05, 0) is 85.5 Å². The fourth-order valence-electron chi connectivity index (χ4n) is 4.49. The van der Waals surface area contributed by atoms with Crippen molar-refractivity contribution in [3.05, 3.63) is 58.1 Å². The van der Waals surface area contributed by atoms with Gasteiger partial charge in [-0.15, -0.1) is 0 Å². The Morgan fingerprint density at radius 1 is 1.06 bits per heavy atom. The number of nitrogens with one attached hydrogen (secondary N) is 1. The summed E-state index contributed by atoms with van der Waals surface area (Å²) in [6.07, 6.45) is 2.66. The molecule has 0 fully saturated rings. The van der Waals surface area contributed by atoms with Crippen LogP contribution in [-0.2, 0) is 43.2 Å².